The number of rotatable bonds is 5. The number of benzene rings is 2. The first-order chi connectivity index (χ1) is 17.9. The van der Waals surface area contributed by atoms with Gasteiger partial charge in [0, 0.05) is 48.4 Å². The van der Waals surface area contributed by atoms with Crippen molar-refractivity contribution >= 4 is 34.0 Å². The van der Waals surface area contributed by atoms with Gasteiger partial charge >= 0.3 is 6.01 Å². The van der Waals surface area contributed by atoms with Crippen LogP contribution in [0, 0.1) is 22.9 Å². The second-order valence-corrected chi connectivity index (χ2v) is 8.46. The topological polar surface area (TPSA) is 138 Å². The summed E-state index contributed by atoms with van der Waals surface area (Å²) in [6.45, 7) is 2.88. The molecule has 184 valence electrons. The molecule has 0 fully saturated rings. The van der Waals surface area contributed by atoms with Crippen molar-refractivity contribution in [2.75, 3.05) is 17.2 Å². The fourth-order valence-corrected chi connectivity index (χ4v) is 4.59. The Hall–Kier alpha value is -5.13. The minimum atomic E-state index is -0.619. The molecule has 0 amide bonds. The lowest BCUT2D eigenvalue weighted by Gasteiger charge is -2.20. The Bertz CT molecular complexity index is 1700. The van der Waals surface area contributed by atoms with Crippen LogP contribution < -0.4 is 15.4 Å². The molecule has 0 unspecified atom stereocenters. The SMILES string of the molecule is Cc1ccnc(Oc2ccc(-c3c4n(c5ncnc(N)c35)CCN4c3cccc([N+](=O)[O-])c3)cc2F)n1. The first kappa shape index (κ1) is 22.3. The fraction of sp³-hybridized carbons (Fsp3) is 0.120. The standard InChI is InChI=1S/C25H19FN8O3/c1-14-7-8-28-25(31-14)37-19-6-5-15(11-18(19)26)20-21-22(27)29-13-30-23(21)33-10-9-32(24(20)33)16-3-2-4-17(12-16)34(35)36/h2-8,11-13H,9-10H2,1H3,(H2,27,29,30). The van der Waals surface area contributed by atoms with Gasteiger partial charge in [0.05, 0.1) is 10.3 Å². The van der Waals surface area contributed by atoms with E-state index < -0.39 is 10.7 Å². The zero-order chi connectivity index (χ0) is 25.7. The molecule has 3 aromatic heterocycles. The number of aryl methyl sites for hydroxylation is 1. The number of anilines is 3. The Morgan fingerprint density at radius 2 is 1.97 bits per heavy atom. The lowest BCUT2D eigenvalue weighted by Crippen LogP contribution is -2.14. The first-order valence-electron chi connectivity index (χ1n) is 11.3. The maximum Gasteiger partial charge on any atom is 0.322 e. The van der Waals surface area contributed by atoms with Crippen LogP contribution in [0.25, 0.3) is 22.2 Å². The van der Waals surface area contributed by atoms with Gasteiger partial charge in [-0.25, -0.2) is 24.3 Å². The number of halogens is 1. The van der Waals surface area contributed by atoms with E-state index in [1.165, 1.54) is 36.8 Å². The third-order valence-corrected chi connectivity index (χ3v) is 6.19. The highest BCUT2D eigenvalue weighted by Crippen LogP contribution is 2.47. The Morgan fingerprint density at radius 1 is 1.11 bits per heavy atom. The van der Waals surface area contributed by atoms with E-state index in [1.807, 2.05) is 9.47 Å². The molecular weight excluding hydrogens is 479 g/mol. The summed E-state index contributed by atoms with van der Waals surface area (Å²) < 4.78 is 22.8. The molecule has 37 heavy (non-hydrogen) atoms. The van der Waals surface area contributed by atoms with Crippen molar-refractivity contribution in [2.45, 2.75) is 13.5 Å². The van der Waals surface area contributed by atoms with E-state index in [-0.39, 0.29) is 23.3 Å². The largest absolute Gasteiger partial charge is 0.421 e. The molecule has 0 atom stereocenters. The average Bonchev–Trinajstić information content (AvgIpc) is 3.45. The monoisotopic (exact) mass is 498 g/mol. The number of fused-ring (bicyclic) bond motifs is 3. The third kappa shape index (κ3) is 3.75. The molecule has 11 nitrogen and oxygen atoms in total. The Labute approximate surface area is 209 Å². The Balaban J connectivity index is 1.50. The van der Waals surface area contributed by atoms with E-state index in [1.54, 1.807) is 31.2 Å². The summed E-state index contributed by atoms with van der Waals surface area (Å²) in [5.74, 6) is 0.285. The Morgan fingerprint density at radius 3 is 2.76 bits per heavy atom. The van der Waals surface area contributed by atoms with Crippen molar-refractivity contribution in [1.29, 1.82) is 0 Å². The van der Waals surface area contributed by atoms with Crippen LogP contribution in [0.1, 0.15) is 5.69 Å². The van der Waals surface area contributed by atoms with Gasteiger partial charge < -0.3 is 19.9 Å². The maximum atomic E-state index is 15.3. The van der Waals surface area contributed by atoms with Crippen molar-refractivity contribution in [3.05, 3.63) is 82.7 Å². The summed E-state index contributed by atoms with van der Waals surface area (Å²) >= 11 is 0. The van der Waals surface area contributed by atoms with Crippen LogP contribution >= 0.6 is 0 Å². The summed E-state index contributed by atoms with van der Waals surface area (Å²) in [5, 5.41) is 12.0. The lowest BCUT2D eigenvalue weighted by atomic mass is 10.0. The van der Waals surface area contributed by atoms with Gasteiger partial charge in [0.1, 0.15) is 23.6 Å². The highest BCUT2D eigenvalue weighted by atomic mass is 19.1. The lowest BCUT2D eigenvalue weighted by molar-refractivity contribution is -0.384. The summed E-state index contributed by atoms with van der Waals surface area (Å²) in [4.78, 5) is 29.7. The van der Waals surface area contributed by atoms with Gasteiger partial charge in [0.15, 0.2) is 11.6 Å². The molecule has 0 bridgehead atoms. The predicted octanol–water partition coefficient (Wildman–Crippen LogP) is 4.77. The van der Waals surface area contributed by atoms with Crippen LogP contribution in [0.4, 0.5) is 27.4 Å². The van der Waals surface area contributed by atoms with Crippen molar-refractivity contribution in [3.8, 4) is 22.9 Å². The Kier molecular flexibility index (Phi) is 5.14. The quantitative estimate of drug-likeness (QED) is 0.268. The van der Waals surface area contributed by atoms with Crippen molar-refractivity contribution in [1.82, 2.24) is 24.5 Å². The van der Waals surface area contributed by atoms with Crippen molar-refractivity contribution in [3.63, 3.8) is 0 Å². The number of nitrogen functional groups attached to an aromatic ring is 1. The second kappa shape index (κ2) is 8.52. The molecule has 0 radical (unpaired) electrons. The maximum absolute atomic E-state index is 15.3. The average molecular weight is 498 g/mol. The predicted molar refractivity (Wildman–Crippen MR) is 134 cm³/mol. The normalized spacial score (nSPS) is 12.6. The number of aromatic nitrogens is 5. The van der Waals surface area contributed by atoms with E-state index in [2.05, 4.69) is 19.9 Å². The number of nitro groups is 1. The molecule has 0 aliphatic carbocycles. The van der Waals surface area contributed by atoms with Gasteiger partial charge in [-0.05, 0) is 36.8 Å². The van der Waals surface area contributed by atoms with Gasteiger partial charge in [-0.3, -0.25) is 10.1 Å². The van der Waals surface area contributed by atoms with Crippen molar-refractivity contribution in [2.24, 2.45) is 0 Å². The fourth-order valence-electron chi connectivity index (χ4n) is 4.59. The smallest absolute Gasteiger partial charge is 0.322 e. The summed E-state index contributed by atoms with van der Waals surface area (Å²) in [6.07, 6.45) is 2.91. The number of hydrogen-bond acceptors (Lipinski definition) is 9. The summed E-state index contributed by atoms with van der Waals surface area (Å²) in [6, 6.07) is 12.7. The van der Waals surface area contributed by atoms with Crippen LogP contribution in [0.2, 0.25) is 0 Å². The van der Waals surface area contributed by atoms with E-state index in [4.69, 9.17) is 10.5 Å². The number of ether oxygens (including phenoxy) is 1. The molecule has 6 rings (SSSR count). The van der Waals surface area contributed by atoms with E-state index >= 15 is 4.39 Å². The molecule has 0 saturated heterocycles. The molecule has 12 heteroatoms. The molecule has 5 aromatic rings. The number of nitrogens with zero attached hydrogens (tertiary/aromatic N) is 7. The van der Waals surface area contributed by atoms with E-state index in [0.29, 0.717) is 52.4 Å². The van der Waals surface area contributed by atoms with Gasteiger partial charge in [-0.1, -0.05) is 12.1 Å². The second-order valence-electron chi connectivity index (χ2n) is 8.46. The number of hydrogen-bond donors (Lipinski definition) is 1. The minimum Gasteiger partial charge on any atom is -0.421 e. The third-order valence-electron chi connectivity index (χ3n) is 6.19. The molecule has 0 spiro atoms. The van der Waals surface area contributed by atoms with Gasteiger partial charge in [-0.15, -0.1) is 0 Å². The number of nitrogens with two attached hydrogens (primary N) is 1. The zero-order valence-electron chi connectivity index (χ0n) is 19.5. The molecule has 1 aliphatic rings. The molecule has 4 heterocycles. The summed E-state index contributed by atoms with van der Waals surface area (Å²) in [7, 11) is 0. The van der Waals surface area contributed by atoms with E-state index in [9.17, 15) is 10.1 Å². The zero-order valence-corrected chi connectivity index (χ0v) is 19.5. The van der Waals surface area contributed by atoms with Crippen LogP contribution in [0.15, 0.2) is 61.1 Å². The van der Waals surface area contributed by atoms with Gasteiger partial charge in [-0.2, -0.15) is 0 Å². The molecule has 2 aromatic carbocycles. The van der Waals surface area contributed by atoms with Crippen LogP contribution in [-0.4, -0.2) is 36.0 Å². The minimum absolute atomic E-state index is 0.0289. The molecule has 2 N–H and O–H groups in total. The van der Waals surface area contributed by atoms with E-state index in [0.717, 1.165) is 0 Å². The summed E-state index contributed by atoms with van der Waals surface area (Å²) in [5.41, 5.74) is 9.30. The van der Waals surface area contributed by atoms with Gasteiger partial charge in [0.2, 0.25) is 0 Å². The number of non-ortho nitro benzene ring substituents is 1. The van der Waals surface area contributed by atoms with Crippen LogP contribution in [0.5, 0.6) is 11.8 Å². The molecular formula is C25H19FN8O3. The molecule has 1 aliphatic heterocycles. The van der Waals surface area contributed by atoms with Crippen LogP contribution in [0.3, 0.4) is 0 Å². The molecule has 0 saturated carbocycles. The van der Waals surface area contributed by atoms with Crippen molar-refractivity contribution < 1.29 is 14.1 Å². The first-order valence-corrected chi connectivity index (χ1v) is 11.3. The highest BCUT2D eigenvalue weighted by molar-refractivity contribution is 6.08. The highest BCUT2D eigenvalue weighted by Gasteiger charge is 2.32. The van der Waals surface area contributed by atoms with Gasteiger partial charge in [0.25, 0.3) is 5.69 Å². The van der Waals surface area contributed by atoms with Crippen LogP contribution in [-0.2, 0) is 6.54 Å². The number of nitro benzene ring substituents is 1.